The average molecular weight is 260 g/mol. The van der Waals surface area contributed by atoms with Gasteiger partial charge in [0.05, 0.1) is 13.0 Å². The number of benzene rings is 1. The van der Waals surface area contributed by atoms with Gasteiger partial charge in [-0.3, -0.25) is 4.79 Å². The number of rotatable bonds is 6. The summed E-state index contributed by atoms with van der Waals surface area (Å²) in [5.41, 5.74) is 0.918. The first kappa shape index (κ1) is 13.1. The van der Waals surface area contributed by atoms with Crippen molar-refractivity contribution in [1.82, 2.24) is 9.55 Å². The van der Waals surface area contributed by atoms with Crippen molar-refractivity contribution in [3.05, 3.63) is 36.7 Å². The molecule has 0 bridgehead atoms. The molecule has 0 saturated carbocycles. The standard InChI is InChI=1S/C14H16N2O3/c1-2-19-12-5-3-4-11(10-12)14-15-7-9-16(14)8-6-13(17)18/h3-5,7,9-10H,2,6,8H2,1H3,(H,17,18). The second-order valence-corrected chi connectivity index (χ2v) is 4.05. The third kappa shape index (κ3) is 3.34. The normalized spacial score (nSPS) is 10.4. The topological polar surface area (TPSA) is 64.4 Å². The Morgan fingerprint density at radius 2 is 2.32 bits per heavy atom. The van der Waals surface area contributed by atoms with Crippen molar-refractivity contribution in [3.63, 3.8) is 0 Å². The number of carboxylic acids is 1. The number of ether oxygens (including phenoxy) is 1. The van der Waals surface area contributed by atoms with Crippen molar-refractivity contribution in [2.24, 2.45) is 0 Å². The summed E-state index contributed by atoms with van der Waals surface area (Å²) in [7, 11) is 0. The van der Waals surface area contributed by atoms with Crippen molar-refractivity contribution in [1.29, 1.82) is 0 Å². The highest BCUT2D eigenvalue weighted by atomic mass is 16.5. The zero-order valence-electron chi connectivity index (χ0n) is 10.7. The molecule has 1 aromatic carbocycles. The molecule has 0 aliphatic rings. The Kier molecular flexibility index (Phi) is 4.18. The van der Waals surface area contributed by atoms with Gasteiger partial charge in [0.2, 0.25) is 0 Å². The Hall–Kier alpha value is -2.30. The third-order valence-corrected chi connectivity index (χ3v) is 2.69. The van der Waals surface area contributed by atoms with Crippen LogP contribution in [-0.4, -0.2) is 27.2 Å². The average Bonchev–Trinajstić information content (AvgIpc) is 2.85. The molecule has 100 valence electrons. The van der Waals surface area contributed by atoms with Crippen LogP contribution < -0.4 is 4.74 Å². The van der Waals surface area contributed by atoms with Crippen LogP contribution in [0.1, 0.15) is 13.3 Å². The van der Waals surface area contributed by atoms with E-state index in [1.165, 1.54) is 0 Å². The van der Waals surface area contributed by atoms with Crippen LogP contribution in [0.2, 0.25) is 0 Å². The molecule has 0 unspecified atom stereocenters. The van der Waals surface area contributed by atoms with E-state index >= 15 is 0 Å². The minimum absolute atomic E-state index is 0.0779. The van der Waals surface area contributed by atoms with E-state index in [9.17, 15) is 4.79 Å². The van der Waals surface area contributed by atoms with E-state index in [2.05, 4.69) is 4.98 Å². The maximum absolute atomic E-state index is 10.6. The van der Waals surface area contributed by atoms with Gasteiger partial charge in [-0.1, -0.05) is 12.1 Å². The summed E-state index contributed by atoms with van der Waals surface area (Å²) in [5, 5.41) is 8.73. The summed E-state index contributed by atoms with van der Waals surface area (Å²) in [4.78, 5) is 14.9. The van der Waals surface area contributed by atoms with Crippen molar-refractivity contribution in [3.8, 4) is 17.1 Å². The van der Waals surface area contributed by atoms with Gasteiger partial charge in [-0.05, 0) is 19.1 Å². The van der Waals surface area contributed by atoms with Crippen LogP contribution in [0, 0.1) is 0 Å². The molecular weight excluding hydrogens is 244 g/mol. The van der Waals surface area contributed by atoms with E-state index in [4.69, 9.17) is 9.84 Å². The lowest BCUT2D eigenvalue weighted by atomic mass is 10.2. The maximum atomic E-state index is 10.6. The molecule has 2 aromatic rings. The first-order chi connectivity index (χ1) is 9.20. The van der Waals surface area contributed by atoms with Crippen LogP contribution in [0.3, 0.4) is 0 Å². The van der Waals surface area contributed by atoms with Crippen LogP contribution in [0.15, 0.2) is 36.7 Å². The molecule has 1 aromatic heterocycles. The summed E-state index contributed by atoms with van der Waals surface area (Å²) in [6.07, 6.45) is 3.53. The zero-order valence-corrected chi connectivity index (χ0v) is 10.7. The van der Waals surface area contributed by atoms with Gasteiger partial charge >= 0.3 is 5.97 Å². The van der Waals surface area contributed by atoms with E-state index in [1.807, 2.05) is 35.8 Å². The van der Waals surface area contributed by atoms with E-state index in [1.54, 1.807) is 12.4 Å². The quantitative estimate of drug-likeness (QED) is 0.866. The van der Waals surface area contributed by atoms with Crippen molar-refractivity contribution >= 4 is 5.97 Å². The van der Waals surface area contributed by atoms with E-state index < -0.39 is 5.97 Å². The second kappa shape index (κ2) is 6.04. The molecule has 0 saturated heterocycles. The Morgan fingerprint density at radius 1 is 1.47 bits per heavy atom. The molecule has 0 radical (unpaired) electrons. The molecular formula is C14H16N2O3. The summed E-state index contributed by atoms with van der Waals surface area (Å²) in [5.74, 6) is 0.721. The number of hydrogen-bond donors (Lipinski definition) is 1. The van der Waals surface area contributed by atoms with Crippen LogP contribution in [0.4, 0.5) is 0 Å². The van der Waals surface area contributed by atoms with E-state index in [0.29, 0.717) is 13.2 Å². The monoisotopic (exact) mass is 260 g/mol. The van der Waals surface area contributed by atoms with Gasteiger partial charge in [0.25, 0.3) is 0 Å². The molecule has 0 fully saturated rings. The second-order valence-electron chi connectivity index (χ2n) is 4.05. The molecule has 1 N–H and O–H groups in total. The number of aliphatic carboxylic acids is 1. The van der Waals surface area contributed by atoms with Gasteiger partial charge < -0.3 is 14.4 Å². The van der Waals surface area contributed by atoms with Crippen LogP contribution in [0.5, 0.6) is 5.75 Å². The Balaban J connectivity index is 2.23. The number of nitrogens with zero attached hydrogens (tertiary/aromatic N) is 2. The van der Waals surface area contributed by atoms with Gasteiger partial charge in [-0.25, -0.2) is 4.98 Å². The molecule has 0 amide bonds. The van der Waals surface area contributed by atoms with E-state index in [0.717, 1.165) is 17.1 Å². The largest absolute Gasteiger partial charge is 0.494 e. The number of hydrogen-bond acceptors (Lipinski definition) is 3. The summed E-state index contributed by atoms with van der Waals surface area (Å²) in [6, 6.07) is 7.62. The molecule has 2 rings (SSSR count). The molecule has 19 heavy (non-hydrogen) atoms. The lowest BCUT2D eigenvalue weighted by Gasteiger charge is -2.08. The summed E-state index contributed by atoms with van der Waals surface area (Å²) in [6.45, 7) is 2.95. The number of carboxylic acid groups (broad SMARTS) is 1. The van der Waals surface area contributed by atoms with Gasteiger partial charge in [-0.2, -0.15) is 0 Å². The third-order valence-electron chi connectivity index (χ3n) is 2.69. The smallest absolute Gasteiger partial charge is 0.305 e. The van der Waals surface area contributed by atoms with Crippen LogP contribution >= 0.6 is 0 Å². The molecule has 5 nitrogen and oxygen atoms in total. The molecule has 0 aliphatic carbocycles. The minimum Gasteiger partial charge on any atom is -0.494 e. The lowest BCUT2D eigenvalue weighted by Crippen LogP contribution is -2.05. The predicted octanol–water partition coefficient (Wildman–Crippen LogP) is 2.42. The Bertz CT molecular complexity index is 563. The Labute approximate surface area is 111 Å². The highest BCUT2D eigenvalue weighted by molar-refractivity contribution is 5.66. The highest BCUT2D eigenvalue weighted by Crippen LogP contribution is 2.22. The van der Waals surface area contributed by atoms with Gasteiger partial charge in [-0.15, -0.1) is 0 Å². The number of aromatic nitrogens is 2. The SMILES string of the molecule is CCOc1cccc(-c2nccn2CCC(=O)O)c1. The minimum atomic E-state index is -0.817. The van der Waals surface area contributed by atoms with Crippen molar-refractivity contribution < 1.29 is 14.6 Å². The first-order valence-corrected chi connectivity index (χ1v) is 6.17. The molecule has 0 aliphatic heterocycles. The maximum Gasteiger partial charge on any atom is 0.305 e. The zero-order chi connectivity index (χ0) is 13.7. The first-order valence-electron chi connectivity index (χ1n) is 6.17. The fourth-order valence-electron chi connectivity index (χ4n) is 1.86. The van der Waals surface area contributed by atoms with Crippen LogP contribution in [-0.2, 0) is 11.3 Å². The summed E-state index contributed by atoms with van der Waals surface area (Å²) >= 11 is 0. The molecule has 1 heterocycles. The molecule has 0 atom stereocenters. The summed E-state index contributed by atoms with van der Waals surface area (Å²) < 4.78 is 7.28. The van der Waals surface area contributed by atoms with Gasteiger partial charge in [0.15, 0.2) is 0 Å². The van der Waals surface area contributed by atoms with Crippen molar-refractivity contribution in [2.45, 2.75) is 19.9 Å². The van der Waals surface area contributed by atoms with E-state index in [-0.39, 0.29) is 6.42 Å². The number of imidazole rings is 1. The van der Waals surface area contributed by atoms with Gasteiger partial charge in [0, 0.05) is 24.5 Å². The van der Waals surface area contributed by atoms with Crippen LogP contribution in [0.25, 0.3) is 11.4 Å². The van der Waals surface area contributed by atoms with Crippen molar-refractivity contribution in [2.75, 3.05) is 6.61 Å². The Morgan fingerprint density at radius 3 is 3.05 bits per heavy atom. The predicted molar refractivity (Wildman–Crippen MR) is 71.1 cm³/mol. The highest BCUT2D eigenvalue weighted by Gasteiger charge is 2.08. The molecule has 0 spiro atoms. The fourth-order valence-corrected chi connectivity index (χ4v) is 1.86. The number of carbonyl (C=O) groups is 1. The number of aryl methyl sites for hydroxylation is 1. The van der Waals surface area contributed by atoms with Gasteiger partial charge in [0.1, 0.15) is 11.6 Å². The lowest BCUT2D eigenvalue weighted by molar-refractivity contribution is -0.137. The fraction of sp³-hybridized carbons (Fsp3) is 0.286. The molecule has 5 heteroatoms.